The van der Waals surface area contributed by atoms with E-state index in [4.69, 9.17) is 0 Å². The first kappa shape index (κ1) is 30.1. The van der Waals surface area contributed by atoms with Crippen LogP contribution in [0.4, 0.5) is 20.6 Å². The van der Waals surface area contributed by atoms with Crippen LogP contribution >= 0.6 is 0 Å². The average molecular weight is 638 g/mol. The molecule has 2 bridgehead atoms. The number of H-pyrrole nitrogens is 1. The van der Waals surface area contributed by atoms with E-state index < -0.39 is 29.7 Å². The van der Waals surface area contributed by atoms with Crippen molar-refractivity contribution in [2.75, 3.05) is 29.9 Å². The predicted octanol–water partition coefficient (Wildman–Crippen LogP) is 4.15. The third kappa shape index (κ3) is 6.28. The molecule has 3 aliphatic heterocycles. The fourth-order valence-electron chi connectivity index (χ4n) is 6.68. The first-order chi connectivity index (χ1) is 22.8. The highest BCUT2D eigenvalue weighted by atomic mass is 19.1. The Bertz CT molecular complexity index is 1920. The minimum atomic E-state index is -1.50. The molecule has 1 saturated carbocycles. The quantitative estimate of drug-likeness (QED) is 0.289. The first-order valence-corrected chi connectivity index (χ1v) is 15.6. The van der Waals surface area contributed by atoms with Crippen molar-refractivity contribution in [2.24, 2.45) is 16.8 Å². The largest absolute Gasteiger partial charge is 0.439 e. The van der Waals surface area contributed by atoms with Crippen LogP contribution in [0.2, 0.25) is 0 Å². The molecule has 12 nitrogen and oxygen atoms in total. The number of nitrogens with one attached hydrogen (secondary N) is 3. The Morgan fingerprint density at radius 2 is 1.62 bits per heavy atom. The Morgan fingerprint density at radius 3 is 2.32 bits per heavy atom. The fraction of sp³-hybridized carbons (Fsp3) is 0.294. The highest BCUT2D eigenvalue weighted by Crippen LogP contribution is 2.35. The van der Waals surface area contributed by atoms with Crippen LogP contribution < -0.4 is 21.3 Å². The number of halogens is 1. The number of fused-ring (bicyclic) bond motifs is 5. The molecule has 4 aromatic rings. The van der Waals surface area contributed by atoms with Crippen LogP contribution in [-0.4, -0.2) is 64.4 Å². The van der Waals surface area contributed by atoms with Crippen LogP contribution in [0.25, 0.3) is 11.4 Å². The summed E-state index contributed by atoms with van der Waals surface area (Å²) >= 11 is 0. The van der Waals surface area contributed by atoms with Crippen LogP contribution in [0, 0.1) is 17.7 Å². The molecule has 13 heteroatoms. The van der Waals surface area contributed by atoms with E-state index in [0.717, 1.165) is 25.7 Å². The van der Waals surface area contributed by atoms with Crippen LogP contribution in [-0.2, 0) is 9.59 Å². The van der Waals surface area contributed by atoms with E-state index in [1.807, 2.05) is 4.90 Å². The van der Waals surface area contributed by atoms with E-state index in [9.17, 15) is 19.2 Å². The second-order valence-corrected chi connectivity index (χ2v) is 12.1. The van der Waals surface area contributed by atoms with Gasteiger partial charge in [0.05, 0.1) is 11.4 Å². The average Bonchev–Trinajstić information content (AvgIpc) is 3.23. The lowest BCUT2D eigenvalue weighted by Gasteiger charge is -2.29. The zero-order valence-electron chi connectivity index (χ0n) is 25.3. The zero-order valence-corrected chi connectivity index (χ0v) is 25.3. The molecule has 2 saturated heterocycles. The molecule has 3 aromatic carbocycles. The van der Waals surface area contributed by atoms with Crippen LogP contribution in [0.3, 0.4) is 0 Å². The third-order valence-electron chi connectivity index (χ3n) is 9.01. The molecule has 4 amide bonds. The minimum Gasteiger partial charge on any atom is -0.341 e. The summed E-state index contributed by atoms with van der Waals surface area (Å²) in [5, 5.41) is 8.96. The molecular formula is C34H32FN7O5. The SMILES string of the molecule is O=C(Nc1cccc(-c2noc(=O)[nH]2)c1)NC1N=C(c2ccccc2F)c2ccccc2N(CC(=O)N2CC3CCC(CC3)C2)C1=O. The van der Waals surface area contributed by atoms with Gasteiger partial charge in [0, 0.05) is 35.5 Å². The Labute approximate surface area is 268 Å². The standard InChI is InChI=1S/C34H32FN7O5/c35-26-10-3-1-8-24(26)29-25-9-2-4-11-27(25)42(19-28(43)41-17-20-12-13-21(18-41)15-14-20)32(44)31(37-29)38-33(45)36-23-7-5-6-22(16-23)30-39-34(46)47-40-30/h1-11,16,20-21,31H,12-15,17-19H2,(H2,36,38,45)(H,39,40,46). The second-order valence-electron chi connectivity index (χ2n) is 12.1. The topological polar surface area (TPSA) is 153 Å². The van der Waals surface area contributed by atoms with Gasteiger partial charge in [-0.05, 0) is 67.9 Å². The van der Waals surface area contributed by atoms with E-state index in [-0.39, 0.29) is 29.6 Å². The molecule has 3 fully saturated rings. The summed E-state index contributed by atoms with van der Waals surface area (Å²) in [6, 6.07) is 18.7. The maximum Gasteiger partial charge on any atom is 0.439 e. The molecule has 4 heterocycles. The Hall–Kier alpha value is -5.59. The van der Waals surface area contributed by atoms with Crippen molar-refractivity contribution in [3.8, 4) is 11.4 Å². The number of aliphatic imine (C=N–C) groups is 1. The number of benzodiazepines with no additional fused rings is 1. The number of rotatable bonds is 6. The monoisotopic (exact) mass is 637 g/mol. The second kappa shape index (κ2) is 12.7. The van der Waals surface area contributed by atoms with Gasteiger partial charge >= 0.3 is 11.8 Å². The van der Waals surface area contributed by atoms with Gasteiger partial charge in [-0.2, -0.15) is 0 Å². The van der Waals surface area contributed by atoms with Crippen molar-refractivity contribution in [1.29, 1.82) is 0 Å². The van der Waals surface area contributed by atoms with Gasteiger partial charge in [-0.25, -0.2) is 19.0 Å². The van der Waals surface area contributed by atoms with Gasteiger partial charge in [0.15, 0.2) is 5.82 Å². The van der Waals surface area contributed by atoms with Gasteiger partial charge in [0.2, 0.25) is 12.1 Å². The van der Waals surface area contributed by atoms with Crippen molar-refractivity contribution in [2.45, 2.75) is 31.8 Å². The number of anilines is 2. The summed E-state index contributed by atoms with van der Waals surface area (Å²) in [5.41, 5.74) is 1.96. The number of aromatic amines is 1. The van der Waals surface area contributed by atoms with Crippen LogP contribution in [0.5, 0.6) is 0 Å². The van der Waals surface area contributed by atoms with Crippen LogP contribution in [0.1, 0.15) is 36.8 Å². The summed E-state index contributed by atoms with van der Waals surface area (Å²) in [4.78, 5) is 63.2. The molecular weight excluding hydrogens is 605 g/mol. The smallest absolute Gasteiger partial charge is 0.341 e. The van der Waals surface area contributed by atoms with Gasteiger partial charge in [0.25, 0.3) is 5.91 Å². The molecule has 1 aliphatic carbocycles. The van der Waals surface area contributed by atoms with Gasteiger partial charge in [-0.3, -0.25) is 24.0 Å². The number of carbonyl (C=O) groups is 3. The number of benzene rings is 3. The maximum absolute atomic E-state index is 15.2. The number of urea groups is 1. The first-order valence-electron chi connectivity index (χ1n) is 15.6. The molecule has 8 rings (SSSR count). The molecule has 4 aliphatic rings. The van der Waals surface area contributed by atoms with Gasteiger partial charge in [-0.1, -0.05) is 47.6 Å². The lowest BCUT2D eigenvalue weighted by atomic mass is 9.84. The van der Waals surface area contributed by atoms with Crippen molar-refractivity contribution in [1.82, 2.24) is 20.4 Å². The summed E-state index contributed by atoms with van der Waals surface area (Å²) in [6.07, 6.45) is 2.89. The Balaban J connectivity index is 1.21. The summed E-state index contributed by atoms with van der Waals surface area (Å²) in [6.45, 7) is 1.05. The highest BCUT2D eigenvalue weighted by molar-refractivity contribution is 6.21. The number of carbonyl (C=O) groups excluding carboxylic acids is 3. The summed E-state index contributed by atoms with van der Waals surface area (Å²) in [7, 11) is 0. The lowest BCUT2D eigenvalue weighted by Crippen LogP contribution is -2.51. The Kier molecular flexibility index (Phi) is 8.10. The number of para-hydroxylation sites is 1. The zero-order chi connectivity index (χ0) is 32.5. The third-order valence-corrected chi connectivity index (χ3v) is 9.01. The molecule has 0 radical (unpaired) electrons. The minimum absolute atomic E-state index is 0.145. The summed E-state index contributed by atoms with van der Waals surface area (Å²) in [5.74, 6) is -1.04. The molecule has 3 N–H and O–H groups in total. The van der Waals surface area contributed by atoms with Crippen molar-refractivity contribution in [3.05, 3.63) is 100 Å². The molecule has 1 atom stereocenters. The predicted molar refractivity (Wildman–Crippen MR) is 171 cm³/mol. The van der Waals surface area contributed by atoms with Gasteiger partial charge < -0.3 is 15.5 Å². The van der Waals surface area contributed by atoms with Gasteiger partial charge in [0.1, 0.15) is 12.4 Å². The van der Waals surface area contributed by atoms with Crippen LogP contribution in [0.15, 0.2) is 87.1 Å². The van der Waals surface area contributed by atoms with Crippen molar-refractivity contribution >= 4 is 34.9 Å². The molecule has 0 spiro atoms. The molecule has 1 aromatic heterocycles. The number of aromatic nitrogens is 2. The number of amides is 4. The van der Waals surface area contributed by atoms with Crippen molar-refractivity contribution in [3.63, 3.8) is 0 Å². The number of nitrogens with zero attached hydrogens (tertiary/aromatic N) is 4. The highest BCUT2D eigenvalue weighted by Gasteiger charge is 2.37. The van der Waals surface area contributed by atoms with E-state index in [0.29, 0.717) is 47.4 Å². The van der Waals surface area contributed by atoms with E-state index in [1.54, 1.807) is 66.7 Å². The van der Waals surface area contributed by atoms with E-state index in [1.165, 1.54) is 11.0 Å². The molecule has 1 unspecified atom stereocenters. The normalized spacial score (nSPS) is 20.6. The van der Waals surface area contributed by atoms with Crippen molar-refractivity contribution < 1.29 is 23.3 Å². The lowest BCUT2D eigenvalue weighted by molar-refractivity contribution is -0.132. The molecule has 240 valence electrons. The number of hydrogen-bond acceptors (Lipinski definition) is 7. The fourth-order valence-corrected chi connectivity index (χ4v) is 6.68. The molecule has 47 heavy (non-hydrogen) atoms. The summed E-state index contributed by atoms with van der Waals surface area (Å²) < 4.78 is 19.8. The Morgan fingerprint density at radius 1 is 0.915 bits per heavy atom. The van der Waals surface area contributed by atoms with Gasteiger partial charge in [-0.15, -0.1) is 0 Å². The number of hydrogen-bond donors (Lipinski definition) is 3. The van der Waals surface area contributed by atoms with E-state index >= 15 is 4.39 Å². The maximum atomic E-state index is 15.2. The van der Waals surface area contributed by atoms with E-state index in [2.05, 4.69) is 30.3 Å².